The van der Waals surface area contributed by atoms with E-state index in [2.05, 4.69) is 31.9 Å². The van der Waals surface area contributed by atoms with Crippen LogP contribution in [0.15, 0.2) is 0 Å². The lowest BCUT2D eigenvalue weighted by Crippen LogP contribution is -2.55. The van der Waals surface area contributed by atoms with Crippen molar-refractivity contribution in [3.63, 3.8) is 0 Å². The lowest BCUT2D eigenvalue weighted by atomic mass is 9.82. The second-order valence-electron chi connectivity index (χ2n) is 25.1. The van der Waals surface area contributed by atoms with Crippen molar-refractivity contribution in [1.29, 1.82) is 0 Å². The minimum Gasteiger partial charge on any atom is -0.394 e. The zero-order valence-electron chi connectivity index (χ0n) is 54.6. The summed E-state index contributed by atoms with van der Waals surface area (Å²) in [6.45, 7) is 6.03. The number of aliphatic hydroxyl groups excluding tert-OH is 10. The second-order valence-corrected chi connectivity index (χ2v) is 25.1. The number of β-amino-alcohol motifs (C(OH)–C–C–N with tert-alkyl or cyclic N) is 1. The number of carbonyl (C=O) groups excluding carboxylic acids is 8. The van der Waals surface area contributed by atoms with Crippen molar-refractivity contribution in [1.82, 2.24) is 36.8 Å². The van der Waals surface area contributed by atoms with Gasteiger partial charge in [-0.25, -0.2) is 0 Å². The molecule has 0 spiro atoms. The van der Waals surface area contributed by atoms with Gasteiger partial charge in [0.15, 0.2) is 18.9 Å². The number of amides is 7. The molecule has 0 aromatic rings. The summed E-state index contributed by atoms with van der Waals surface area (Å²) in [5, 5.41) is 117. The summed E-state index contributed by atoms with van der Waals surface area (Å²) in [5.74, 6) is -4.67. The number of Topliss-reactive ketones (excluding diaryl/α,β-unsaturated/α-hetero) is 1. The summed E-state index contributed by atoms with van der Waals surface area (Å²) in [7, 11) is 0. The summed E-state index contributed by atoms with van der Waals surface area (Å²) < 4.78 is 33.5. The van der Waals surface area contributed by atoms with Crippen LogP contribution in [-0.4, -0.2) is 273 Å². The molecule has 4 aliphatic heterocycles. The van der Waals surface area contributed by atoms with Gasteiger partial charge in [0.25, 0.3) is 0 Å². The molecular formula is C62H109N7O24. The number of hydrogen-bond donors (Lipinski definition) is 16. The first kappa shape index (κ1) is 80.8. The van der Waals surface area contributed by atoms with Crippen LogP contribution in [0.25, 0.3) is 0 Å². The Morgan fingerprint density at radius 3 is 1.22 bits per heavy atom. The van der Waals surface area contributed by atoms with Crippen LogP contribution in [0.1, 0.15) is 156 Å². The van der Waals surface area contributed by atoms with E-state index in [1.807, 2.05) is 6.92 Å². The van der Waals surface area contributed by atoms with Gasteiger partial charge >= 0.3 is 0 Å². The van der Waals surface area contributed by atoms with Crippen molar-refractivity contribution < 1.29 is 118 Å². The number of nitrogens with zero attached hydrogens (tertiary/aromatic N) is 1. The van der Waals surface area contributed by atoms with Gasteiger partial charge in [0.05, 0.1) is 83.3 Å². The lowest BCUT2D eigenvalue weighted by molar-refractivity contribution is -0.282. The van der Waals surface area contributed by atoms with Crippen molar-refractivity contribution in [2.24, 2.45) is 17.8 Å². The molecule has 4 fully saturated rings. The van der Waals surface area contributed by atoms with Crippen molar-refractivity contribution >= 4 is 47.1 Å². The van der Waals surface area contributed by atoms with Gasteiger partial charge in [-0.2, -0.15) is 0 Å². The van der Waals surface area contributed by atoms with E-state index in [9.17, 15) is 89.4 Å². The number of hydrogen-bond acceptors (Lipinski definition) is 24. The van der Waals surface area contributed by atoms with Gasteiger partial charge < -0.3 is 116 Å². The average molecular weight is 1340 g/mol. The van der Waals surface area contributed by atoms with Gasteiger partial charge in [-0.05, 0) is 64.2 Å². The van der Waals surface area contributed by atoms with E-state index < -0.39 is 141 Å². The SMILES string of the molecule is CCC[C@@H]1C[C@@H](O)CN1C(=O)CCCC(=O)NC(CCC(=O)CCCCNC(=O)CCO[C@@H]1OC(CO)[C@H](O)[C@H](O)C1C)(CCC(=O)NCCCNC(=O)CCO[C@@H]1OC(CO)[C@H](O)[C@H](O)C1C)CCC(=O)NCCCNC(=O)CCO[C@@H]1OC(CO)[C@H](O)[C@H](O)C1C. The maximum absolute atomic E-state index is 14.1. The molecule has 4 rings (SSSR count). The van der Waals surface area contributed by atoms with Crippen LogP contribution < -0.4 is 31.9 Å². The molecule has 536 valence electrons. The third-order valence-electron chi connectivity index (χ3n) is 17.7. The summed E-state index contributed by atoms with van der Waals surface area (Å²) >= 11 is 0. The molecule has 17 atom stereocenters. The zero-order valence-corrected chi connectivity index (χ0v) is 54.6. The number of nitrogens with one attached hydrogen (secondary N) is 6. The Kier molecular flexibility index (Phi) is 37.1. The Morgan fingerprint density at radius 2 is 0.828 bits per heavy atom. The monoisotopic (exact) mass is 1340 g/mol. The third-order valence-corrected chi connectivity index (χ3v) is 17.7. The maximum atomic E-state index is 14.1. The topological polar surface area (TPSA) is 470 Å². The Balaban J connectivity index is 1.35. The number of ketones is 1. The number of likely N-dealkylation sites (tertiary alicyclic amines) is 1. The standard InChI is InChI=1S/C62H109N7O24/c1-5-11-40-32-42(74)33-69(40)52(81)14-8-13-51(80)68-62(21-15-41(73)12-6-7-24-63-48(77)18-29-88-59-37(2)53(82)56(85)43(34-70)91-59,22-16-46(75)64-25-9-27-66-49(78)19-30-89-60-38(3)54(83)57(86)44(35-71)92-60)23-17-47(76)65-26-10-28-67-50(79)20-31-90-61-39(4)55(84)58(87)45(36-72)93-61/h37-40,42-45,53-61,70-72,74,82-87H,5-36H2,1-4H3,(H,63,77)(H,64,75)(H,65,76)(H,66,78)(H,67,79)(H,68,80)/t37?,38?,39?,40-,42-,43?,44?,45?,53-,54-,55-,56+,57+,58+,59-,60-,61-,62?/m1/s1. The summed E-state index contributed by atoms with van der Waals surface area (Å²) in [6, 6.07) is -0.111. The first-order valence-electron chi connectivity index (χ1n) is 33.2. The Bertz CT molecular complexity index is 2080. The highest BCUT2D eigenvalue weighted by Crippen LogP contribution is 2.31. The Morgan fingerprint density at radius 1 is 0.452 bits per heavy atom. The first-order valence-corrected chi connectivity index (χ1v) is 33.2. The van der Waals surface area contributed by atoms with Crippen LogP contribution >= 0.6 is 0 Å². The average Bonchev–Trinajstić information content (AvgIpc) is 1.65. The lowest BCUT2D eigenvalue weighted by Gasteiger charge is -2.40. The van der Waals surface area contributed by atoms with E-state index in [-0.39, 0.29) is 178 Å². The molecule has 0 aromatic heterocycles. The highest BCUT2D eigenvalue weighted by molar-refractivity contribution is 5.82. The molecule has 0 aliphatic carbocycles. The van der Waals surface area contributed by atoms with E-state index in [4.69, 9.17) is 28.4 Å². The Hall–Kier alpha value is -4.68. The fraction of sp³-hybridized carbons (Fsp3) is 0.871. The molecule has 6 unspecified atom stereocenters. The van der Waals surface area contributed by atoms with Gasteiger partial charge in [-0.15, -0.1) is 0 Å². The van der Waals surface area contributed by atoms with Crippen molar-refractivity contribution in [2.45, 2.75) is 248 Å². The molecule has 7 amide bonds. The summed E-state index contributed by atoms with van der Waals surface area (Å²) in [6.07, 6.45) is -11.1. The van der Waals surface area contributed by atoms with Gasteiger partial charge in [-0.1, -0.05) is 34.1 Å². The van der Waals surface area contributed by atoms with Crippen LogP contribution in [0.2, 0.25) is 0 Å². The molecule has 4 heterocycles. The van der Waals surface area contributed by atoms with Gasteiger partial charge in [0.1, 0.15) is 42.4 Å². The minimum atomic E-state index is -1.30. The van der Waals surface area contributed by atoms with E-state index >= 15 is 0 Å². The fourth-order valence-electron chi connectivity index (χ4n) is 11.7. The van der Waals surface area contributed by atoms with Crippen LogP contribution in [-0.2, 0) is 66.8 Å². The van der Waals surface area contributed by atoms with Gasteiger partial charge in [0, 0.05) is 107 Å². The minimum absolute atomic E-state index is 0.0122. The van der Waals surface area contributed by atoms with E-state index in [0.717, 1.165) is 12.8 Å². The zero-order chi connectivity index (χ0) is 68.6. The smallest absolute Gasteiger partial charge is 0.222 e. The van der Waals surface area contributed by atoms with Crippen LogP contribution in [0.5, 0.6) is 0 Å². The molecule has 4 aliphatic rings. The highest BCUT2D eigenvalue weighted by atomic mass is 16.7. The quantitative estimate of drug-likeness (QED) is 0.0265. The van der Waals surface area contributed by atoms with Crippen molar-refractivity contribution in [3.8, 4) is 0 Å². The highest BCUT2D eigenvalue weighted by Gasteiger charge is 2.45. The number of rotatable bonds is 44. The van der Waals surface area contributed by atoms with Crippen LogP contribution in [0, 0.1) is 17.8 Å². The molecule has 0 radical (unpaired) electrons. The molecule has 0 aromatic carbocycles. The van der Waals surface area contributed by atoms with Gasteiger partial charge in [-0.3, -0.25) is 38.4 Å². The molecule has 31 heteroatoms. The molecule has 31 nitrogen and oxygen atoms in total. The molecular weight excluding hydrogens is 1230 g/mol. The molecule has 93 heavy (non-hydrogen) atoms. The van der Waals surface area contributed by atoms with E-state index in [1.54, 1.807) is 25.7 Å². The van der Waals surface area contributed by atoms with Crippen molar-refractivity contribution in [2.75, 3.05) is 78.9 Å². The normalized spacial score (nSPS) is 29.4. The molecule has 0 bridgehead atoms. The molecule has 16 N–H and O–H groups in total. The van der Waals surface area contributed by atoms with Crippen molar-refractivity contribution in [3.05, 3.63) is 0 Å². The largest absolute Gasteiger partial charge is 0.394 e. The maximum Gasteiger partial charge on any atom is 0.222 e. The predicted octanol–water partition coefficient (Wildman–Crippen LogP) is -3.34. The van der Waals surface area contributed by atoms with Gasteiger partial charge in [0.2, 0.25) is 41.4 Å². The first-order chi connectivity index (χ1) is 44.4. The third kappa shape index (κ3) is 27.8. The van der Waals surface area contributed by atoms with Crippen LogP contribution in [0.3, 0.4) is 0 Å². The second kappa shape index (κ2) is 42.8. The molecule has 0 saturated carbocycles. The van der Waals surface area contributed by atoms with E-state index in [0.29, 0.717) is 32.1 Å². The summed E-state index contributed by atoms with van der Waals surface area (Å²) in [4.78, 5) is 108. The predicted molar refractivity (Wildman–Crippen MR) is 329 cm³/mol. The Labute approximate surface area is 544 Å². The number of unbranched alkanes of at least 4 members (excludes halogenated alkanes) is 1. The number of ether oxygens (including phenoxy) is 6. The fourth-order valence-corrected chi connectivity index (χ4v) is 11.7. The number of carbonyl (C=O) groups is 8. The van der Waals surface area contributed by atoms with E-state index in [1.165, 1.54) is 0 Å². The summed E-state index contributed by atoms with van der Waals surface area (Å²) in [5.41, 5.74) is -1.30. The molecule has 4 saturated heterocycles. The number of aliphatic hydroxyl groups is 10. The van der Waals surface area contributed by atoms with Crippen LogP contribution in [0.4, 0.5) is 0 Å².